The maximum absolute atomic E-state index is 11.4. The third-order valence-electron chi connectivity index (χ3n) is 3.65. The Morgan fingerprint density at radius 2 is 1.90 bits per heavy atom. The van der Waals surface area contributed by atoms with E-state index in [1.165, 1.54) is 6.26 Å². The molecule has 1 atom stereocenters. The lowest BCUT2D eigenvalue weighted by atomic mass is 10.2. The van der Waals surface area contributed by atoms with Crippen molar-refractivity contribution in [1.29, 1.82) is 0 Å². The Bertz CT molecular complexity index is 354. The smallest absolute Gasteiger partial charge is 0.211 e. The Labute approximate surface area is 123 Å². The van der Waals surface area contributed by atoms with Gasteiger partial charge in [0.15, 0.2) is 0 Å². The van der Waals surface area contributed by atoms with Crippen molar-refractivity contribution in [3.05, 3.63) is 0 Å². The fourth-order valence-corrected chi connectivity index (χ4v) is 3.19. The van der Waals surface area contributed by atoms with Crippen LogP contribution in [0.25, 0.3) is 0 Å². The van der Waals surface area contributed by atoms with Crippen molar-refractivity contribution >= 4 is 10.0 Å². The van der Waals surface area contributed by atoms with Crippen LogP contribution in [0.4, 0.5) is 0 Å². The van der Waals surface area contributed by atoms with Gasteiger partial charge in [0.05, 0.1) is 6.26 Å². The van der Waals surface area contributed by atoms with E-state index in [-0.39, 0.29) is 0 Å². The Kier molecular flexibility index (Phi) is 7.98. The lowest BCUT2D eigenvalue weighted by Gasteiger charge is -2.37. The summed E-state index contributed by atoms with van der Waals surface area (Å²) in [5, 5.41) is 3.43. The highest BCUT2D eigenvalue weighted by Crippen LogP contribution is 2.08. The standard InChI is InChI=1S/C13H29N3O3S/c1-4-19-11-5-6-14-12-13(2)15-7-9-16(10-8-15)20(3,17)18/h13-14H,4-12H2,1-3H3. The molecule has 0 aliphatic carbocycles. The molecule has 1 heterocycles. The van der Waals surface area contributed by atoms with E-state index < -0.39 is 10.0 Å². The van der Waals surface area contributed by atoms with Gasteiger partial charge in [-0.2, -0.15) is 4.31 Å². The van der Waals surface area contributed by atoms with E-state index >= 15 is 0 Å². The van der Waals surface area contributed by atoms with Crippen molar-refractivity contribution in [2.45, 2.75) is 26.3 Å². The lowest BCUT2D eigenvalue weighted by Crippen LogP contribution is -2.53. The van der Waals surface area contributed by atoms with Crippen LogP contribution in [-0.2, 0) is 14.8 Å². The van der Waals surface area contributed by atoms with Gasteiger partial charge in [0.2, 0.25) is 10.0 Å². The summed E-state index contributed by atoms with van der Waals surface area (Å²) in [6, 6.07) is 0.434. The van der Waals surface area contributed by atoms with Gasteiger partial charge < -0.3 is 10.1 Å². The number of hydrogen-bond donors (Lipinski definition) is 1. The van der Waals surface area contributed by atoms with Crippen LogP contribution in [-0.4, -0.2) is 82.4 Å². The predicted octanol–water partition coefficient (Wildman–Crippen LogP) is -0.0317. The second-order valence-corrected chi connectivity index (χ2v) is 7.28. The SMILES string of the molecule is CCOCCCNCC(C)N1CCN(S(C)(=O)=O)CC1. The molecule has 0 saturated carbocycles. The van der Waals surface area contributed by atoms with Crippen LogP contribution in [0.3, 0.4) is 0 Å². The minimum Gasteiger partial charge on any atom is -0.382 e. The minimum absolute atomic E-state index is 0.434. The highest BCUT2D eigenvalue weighted by molar-refractivity contribution is 7.88. The Morgan fingerprint density at radius 3 is 2.45 bits per heavy atom. The highest BCUT2D eigenvalue weighted by Gasteiger charge is 2.25. The summed E-state index contributed by atoms with van der Waals surface area (Å²) in [5.74, 6) is 0. The molecule has 1 aliphatic heterocycles. The molecule has 0 amide bonds. The van der Waals surface area contributed by atoms with Gasteiger partial charge >= 0.3 is 0 Å². The number of rotatable bonds is 9. The van der Waals surface area contributed by atoms with Crippen LogP contribution in [0.5, 0.6) is 0 Å². The molecular formula is C13H29N3O3S. The zero-order chi connectivity index (χ0) is 15.0. The molecule has 1 saturated heterocycles. The molecule has 6 nitrogen and oxygen atoms in total. The van der Waals surface area contributed by atoms with E-state index in [2.05, 4.69) is 17.1 Å². The summed E-state index contributed by atoms with van der Waals surface area (Å²) < 4.78 is 29.7. The molecule has 20 heavy (non-hydrogen) atoms. The monoisotopic (exact) mass is 307 g/mol. The summed E-state index contributed by atoms with van der Waals surface area (Å²) in [5.41, 5.74) is 0. The molecule has 120 valence electrons. The number of nitrogens with one attached hydrogen (secondary N) is 1. The molecule has 1 fully saturated rings. The molecule has 1 unspecified atom stereocenters. The highest BCUT2D eigenvalue weighted by atomic mass is 32.2. The summed E-state index contributed by atoms with van der Waals surface area (Å²) >= 11 is 0. The quantitative estimate of drug-likeness (QED) is 0.606. The number of hydrogen-bond acceptors (Lipinski definition) is 5. The second-order valence-electron chi connectivity index (χ2n) is 5.30. The first-order valence-corrected chi connectivity index (χ1v) is 9.27. The fraction of sp³-hybridized carbons (Fsp3) is 1.00. The van der Waals surface area contributed by atoms with Crippen molar-refractivity contribution in [2.24, 2.45) is 0 Å². The second kappa shape index (κ2) is 8.94. The molecule has 0 aromatic rings. The van der Waals surface area contributed by atoms with E-state index in [9.17, 15) is 8.42 Å². The van der Waals surface area contributed by atoms with Crippen molar-refractivity contribution in [2.75, 3.05) is 58.7 Å². The van der Waals surface area contributed by atoms with E-state index in [0.29, 0.717) is 19.1 Å². The lowest BCUT2D eigenvalue weighted by molar-refractivity contribution is 0.136. The normalized spacial score (nSPS) is 20.1. The topological polar surface area (TPSA) is 61.9 Å². The molecule has 0 radical (unpaired) electrons. The van der Waals surface area contributed by atoms with E-state index in [1.54, 1.807) is 4.31 Å². The summed E-state index contributed by atoms with van der Waals surface area (Å²) in [7, 11) is -3.03. The molecule has 7 heteroatoms. The molecule has 1 rings (SSSR count). The molecule has 1 aliphatic rings. The zero-order valence-electron chi connectivity index (χ0n) is 13.0. The van der Waals surface area contributed by atoms with E-state index in [0.717, 1.165) is 45.8 Å². The molecule has 0 bridgehead atoms. The Hall–Kier alpha value is -0.210. The minimum atomic E-state index is -3.03. The molecule has 0 aromatic carbocycles. The van der Waals surface area contributed by atoms with Crippen LogP contribution >= 0.6 is 0 Å². The number of piperazine rings is 1. The fourth-order valence-electron chi connectivity index (χ4n) is 2.36. The largest absolute Gasteiger partial charge is 0.382 e. The summed E-state index contributed by atoms with van der Waals surface area (Å²) in [6.07, 6.45) is 2.31. The van der Waals surface area contributed by atoms with Crippen molar-refractivity contribution in [1.82, 2.24) is 14.5 Å². The van der Waals surface area contributed by atoms with Crippen molar-refractivity contribution in [3.8, 4) is 0 Å². The van der Waals surface area contributed by atoms with Crippen LogP contribution in [0.2, 0.25) is 0 Å². The third kappa shape index (κ3) is 6.49. The molecule has 0 spiro atoms. The van der Waals surface area contributed by atoms with Gasteiger partial charge in [0.25, 0.3) is 0 Å². The van der Waals surface area contributed by atoms with Crippen LogP contribution in [0, 0.1) is 0 Å². The first-order valence-electron chi connectivity index (χ1n) is 7.42. The van der Waals surface area contributed by atoms with Gasteiger partial charge in [0.1, 0.15) is 0 Å². The number of sulfonamides is 1. The average Bonchev–Trinajstić information content (AvgIpc) is 2.41. The van der Waals surface area contributed by atoms with Gasteiger partial charge in [-0.05, 0) is 26.8 Å². The zero-order valence-corrected chi connectivity index (χ0v) is 13.8. The van der Waals surface area contributed by atoms with Crippen LogP contribution in [0.1, 0.15) is 20.3 Å². The average molecular weight is 307 g/mol. The van der Waals surface area contributed by atoms with Crippen molar-refractivity contribution < 1.29 is 13.2 Å². The first-order chi connectivity index (χ1) is 9.45. The molecule has 0 aromatic heterocycles. The summed E-state index contributed by atoms with van der Waals surface area (Å²) in [4.78, 5) is 2.34. The first kappa shape index (κ1) is 17.8. The number of ether oxygens (including phenoxy) is 1. The maximum Gasteiger partial charge on any atom is 0.211 e. The van der Waals surface area contributed by atoms with Crippen molar-refractivity contribution in [3.63, 3.8) is 0 Å². The maximum atomic E-state index is 11.4. The third-order valence-corrected chi connectivity index (χ3v) is 4.95. The predicted molar refractivity (Wildman–Crippen MR) is 81.4 cm³/mol. The van der Waals surface area contributed by atoms with Gasteiger partial charge in [-0.1, -0.05) is 0 Å². The van der Waals surface area contributed by atoms with Gasteiger partial charge in [-0.15, -0.1) is 0 Å². The van der Waals surface area contributed by atoms with Crippen LogP contribution < -0.4 is 5.32 Å². The Balaban J connectivity index is 2.14. The van der Waals surface area contributed by atoms with Crippen LogP contribution in [0.15, 0.2) is 0 Å². The molecular weight excluding hydrogens is 278 g/mol. The molecule has 1 N–H and O–H groups in total. The van der Waals surface area contributed by atoms with Gasteiger partial charge in [-0.3, -0.25) is 4.90 Å². The van der Waals surface area contributed by atoms with E-state index in [1.807, 2.05) is 6.92 Å². The van der Waals surface area contributed by atoms with E-state index in [4.69, 9.17) is 4.74 Å². The van der Waals surface area contributed by atoms with Gasteiger partial charge in [0, 0.05) is 52.0 Å². The Morgan fingerprint density at radius 1 is 1.25 bits per heavy atom. The summed E-state index contributed by atoms with van der Waals surface area (Å²) in [6.45, 7) is 10.5. The number of nitrogens with zero attached hydrogens (tertiary/aromatic N) is 2. The van der Waals surface area contributed by atoms with Gasteiger partial charge in [-0.25, -0.2) is 8.42 Å².